The highest BCUT2D eigenvalue weighted by atomic mass is 16.2. The van der Waals surface area contributed by atoms with Crippen molar-refractivity contribution in [3.05, 3.63) is 71.4 Å². The molecule has 27 heavy (non-hydrogen) atoms. The molecule has 2 aromatic carbocycles. The monoisotopic (exact) mass is 360 g/mol. The van der Waals surface area contributed by atoms with Gasteiger partial charge in [-0.25, -0.2) is 0 Å². The predicted octanol–water partition coefficient (Wildman–Crippen LogP) is 3.96. The van der Waals surface area contributed by atoms with Crippen LogP contribution in [0.4, 0.5) is 0 Å². The fraction of sp³-hybridized carbons (Fsp3) is 0.304. The number of nitrogens with one attached hydrogen (secondary N) is 1. The van der Waals surface area contributed by atoms with Gasteiger partial charge in [-0.2, -0.15) is 0 Å². The quantitative estimate of drug-likeness (QED) is 0.769. The van der Waals surface area contributed by atoms with E-state index < -0.39 is 0 Å². The van der Waals surface area contributed by atoms with Crippen molar-refractivity contribution in [1.29, 1.82) is 0 Å². The third kappa shape index (κ3) is 3.16. The van der Waals surface area contributed by atoms with Crippen LogP contribution >= 0.6 is 0 Å². The van der Waals surface area contributed by atoms with Crippen LogP contribution in [0.2, 0.25) is 0 Å². The third-order valence-corrected chi connectivity index (χ3v) is 5.29. The number of aromatic nitrogens is 1. The SMILES string of the molecule is CC(C)NC(=O)C1CCc2c(c3ccccc3n2C(=O)c2ccccc2)C1. The Morgan fingerprint density at radius 3 is 2.48 bits per heavy atom. The summed E-state index contributed by atoms with van der Waals surface area (Å²) in [5.74, 6) is 0.0750. The molecule has 4 rings (SSSR count). The van der Waals surface area contributed by atoms with E-state index in [1.54, 1.807) is 0 Å². The van der Waals surface area contributed by atoms with Crippen LogP contribution in [-0.2, 0) is 17.6 Å². The number of para-hydroxylation sites is 1. The summed E-state index contributed by atoms with van der Waals surface area (Å²) < 4.78 is 1.86. The highest BCUT2D eigenvalue weighted by Crippen LogP contribution is 2.35. The molecule has 4 heteroatoms. The van der Waals surface area contributed by atoms with E-state index >= 15 is 0 Å². The Kier molecular flexibility index (Phi) is 4.56. The van der Waals surface area contributed by atoms with Gasteiger partial charge in [0.1, 0.15) is 0 Å². The number of nitrogens with zero attached hydrogens (tertiary/aromatic N) is 1. The maximum atomic E-state index is 13.2. The molecular formula is C23H24N2O2. The largest absolute Gasteiger partial charge is 0.354 e. The van der Waals surface area contributed by atoms with E-state index in [0.29, 0.717) is 12.0 Å². The lowest BCUT2D eigenvalue weighted by atomic mass is 9.85. The van der Waals surface area contributed by atoms with Gasteiger partial charge in [0.25, 0.3) is 5.91 Å². The van der Waals surface area contributed by atoms with Gasteiger partial charge in [-0.1, -0.05) is 36.4 Å². The van der Waals surface area contributed by atoms with Gasteiger partial charge < -0.3 is 5.32 Å². The van der Waals surface area contributed by atoms with E-state index in [0.717, 1.165) is 35.0 Å². The standard InChI is InChI=1S/C23H24N2O2/c1-15(2)24-22(26)17-12-13-21-19(14-17)18-10-6-7-11-20(18)25(21)23(27)16-8-4-3-5-9-16/h3-11,15,17H,12-14H2,1-2H3,(H,24,26). The lowest BCUT2D eigenvalue weighted by Gasteiger charge is -2.24. The normalized spacial score (nSPS) is 16.3. The summed E-state index contributed by atoms with van der Waals surface area (Å²) in [6, 6.07) is 17.6. The highest BCUT2D eigenvalue weighted by Gasteiger charge is 2.31. The molecule has 1 aliphatic rings. The molecule has 3 aromatic rings. The molecule has 0 bridgehead atoms. The minimum atomic E-state index is -0.0361. The second-order valence-electron chi connectivity index (χ2n) is 7.55. The summed E-state index contributed by atoms with van der Waals surface area (Å²) >= 11 is 0. The highest BCUT2D eigenvalue weighted by molar-refractivity contribution is 6.04. The van der Waals surface area contributed by atoms with E-state index in [4.69, 9.17) is 0 Å². The molecule has 1 heterocycles. The second-order valence-corrected chi connectivity index (χ2v) is 7.55. The van der Waals surface area contributed by atoms with Gasteiger partial charge in [0.15, 0.2) is 0 Å². The number of hydrogen-bond donors (Lipinski definition) is 1. The molecule has 1 aromatic heterocycles. The van der Waals surface area contributed by atoms with Crippen molar-refractivity contribution >= 4 is 22.7 Å². The Balaban J connectivity index is 1.78. The van der Waals surface area contributed by atoms with Gasteiger partial charge in [-0.15, -0.1) is 0 Å². The van der Waals surface area contributed by atoms with Gasteiger partial charge in [-0.3, -0.25) is 14.2 Å². The summed E-state index contributed by atoms with van der Waals surface area (Å²) in [4.78, 5) is 25.8. The maximum Gasteiger partial charge on any atom is 0.262 e. The van der Waals surface area contributed by atoms with Crippen LogP contribution in [0.1, 0.15) is 41.9 Å². The first-order valence-electron chi connectivity index (χ1n) is 9.57. The maximum absolute atomic E-state index is 13.2. The van der Waals surface area contributed by atoms with Gasteiger partial charge in [0.05, 0.1) is 5.52 Å². The number of fused-ring (bicyclic) bond motifs is 3. The zero-order valence-corrected chi connectivity index (χ0v) is 15.7. The van der Waals surface area contributed by atoms with E-state index in [9.17, 15) is 9.59 Å². The summed E-state index contributed by atoms with van der Waals surface area (Å²) in [7, 11) is 0. The molecule has 0 saturated carbocycles. The zero-order chi connectivity index (χ0) is 19.0. The smallest absolute Gasteiger partial charge is 0.262 e. The molecule has 0 fully saturated rings. The van der Waals surface area contributed by atoms with Crippen LogP contribution in [-0.4, -0.2) is 22.4 Å². The van der Waals surface area contributed by atoms with Gasteiger partial charge >= 0.3 is 0 Å². The van der Waals surface area contributed by atoms with Gasteiger partial charge in [0, 0.05) is 28.6 Å². The van der Waals surface area contributed by atoms with Crippen molar-refractivity contribution < 1.29 is 9.59 Å². The van der Waals surface area contributed by atoms with Crippen molar-refractivity contribution in [2.45, 2.75) is 39.2 Å². The van der Waals surface area contributed by atoms with Gasteiger partial charge in [-0.05, 0) is 56.9 Å². The van der Waals surface area contributed by atoms with Crippen LogP contribution in [0, 0.1) is 5.92 Å². The number of hydrogen-bond acceptors (Lipinski definition) is 2. The molecule has 138 valence electrons. The number of rotatable bonds is 3. The van der Waals surface area contributed by atoms with Gasteiger partial charge in [0.2, 0.25) is 5.91 Å². The molecule has 1 unspecified atom stereocenters. The summed E-state index contributed by atoms with van der Waals surface area (Å²) in [6.07, 6.45) is 2.19. The fourth-order valence-electron chi connectivity index (χ4n) is 4.08. The molecule has 4 nitrogen and oxygen atoms in total. The zero-order valence-electron chi connectivity index (χ0n) is 15.7. The number of benzene rings is 2. The lowest BCUT2D eigenvalue weighted by Crippen LogP contribution is -2.38. The van der Waals surface area contributed by atoms with Crippen LogP contribution in [0.25, 0.3) is 10.9 Å². The average Bonchev–Trinajstić information content (AvgIpc) is 3.01. The van der Waals surface area contributed by atoms with E-state index in [1.165, 1.54) is 0 Å². The van der Waals surface area contributed by atoms with Crippen molar-refractivity contribution in [2.75, 3.05) is 0 Å². The van der Waals surface area contributed by atoms with Crippen molar-refractivity contribution in [3.63, 3.8) is 0 Å². The number of amides is 1. The second kappa shape index (κ2) is 7.03. The minimum Gasteiger partial charge on any atom is -0.354 e. The van der Waals surface area contributed by atoms with Crippen LogP contribution in [0.5, 0.6) is 0 Å². The summed E-state index contributed by atoms with van der Waals surface area (Å²) in [5, 5.41) is 4.12. The Labute approximate surface area is 159 Å². The summed E-state index contributed by atoms with van der Waals surface area (Å²) in [5.41, 5.74) is 3.81. The van der Waals surface area contributed by atoms with Crippen LogP contribution < -0.4 is 5.32 Å². The molecule has 1 aliphatic carbocycles. The Morgan fingerprint density at radius 1 is 1.04 bits per heavy atom. The molecule has 1 N–H and O–H groups in total. The molecular weight excluding hydrogens is 336 g/mol. The van der Waals surface area contributed by atoms with E-state index in [-0.39, 0.29) is 23.8 Å². The van der Waals surface area contributed by atoms with Crippen molar-refractivity contribution in [2.24, 2.45) is 5.92 Å². The number of carbonyl (C=O) groups excluding carboxylic acids is 2. The van der Waals surface area contributed by atoms with Crippen molar-refractivity contribution in [1.82, 2.24) is 9.88 Å². The molecule has 1 amide bonds. The van der Waals surface area contributed by atoms with Crippen molar-refractivity contribution in [3.8, 4) is 0 Å². The Hall–Kier alpha value is -2.88. The Morgan fingerprint density at radius 2 is 1.74 bits per heavy atom. The molecule has 0 spiro atoms. The first kappa shape index (κ1) is 17.5. The fourth-order valence-corrected chi connectivity index (χ4v) is 4.08. The molecule has 0 radical (unpaired) electrons. The Bertz CT molecular complexity index is 1000. The van der Waals surface area contributed by atoms with Crippen LogP contribution in [0.3, 0.4) is 0 Å². The molecule has 1 atom stereocenters. The predicted molar refractivity (Wildman–Crippen MR) is 107 cm³/mol. The average molecular weight is 360 g/mol. The third-order valence-electron chi connectivity index (χ3n) is 5.29. The van der Waals surface area contributed by atoms with Crippen LogP contribution in [0.15, 0.2) is 54.6 Å². The molecule has 0 aliphatic heterocycles. The topological polar surface area (TPSA) is 51.1 Å². The minimum absolute atomic E-state index is 0.00173. The first-order chi connectivity index (χ1) is 13.1. The number of carbonyl (C=O) groups is 2. The first-order valence-corrected chi connectivity index (χ1v) is 9.57. The molecule has 0 saturated heterocycles. The van der Waals surface area contributed by atoms with E-state index in [2.05, 4.69) is 11.4 Å². The lowest BCUT2D eigenvalue weighted by molar-refractivity contribution is -0.125. The van der Waals surface area contributed by atoms with E-state index in [1.807, 2.05) is 66.9 Å². The summed E-state index contributed by atoms with van der Waals surface area (Å²) in [6.45, 7) is 3.97.